The summed E-state index contributed by atoms with van der Waals surface area (Å²) in [6, 6.07) is 11.2. The van der Waals surface area contributed by atoms with Gasteiger partial charge < -0.3 is 19.5 Å². The van der Waals surface area contributed by atoms with Crippen molar-refractivity contribution in [1.82, 2.24) is 9.78 Å². The van der Waals surface area contributed by atoms with E-state index in [9.17, 15) is 0 Å². The minimum Gasteiger partial charge on any atom is -0.496 e. The van der Waals surface area contributed by atoms with Crippen LogP contribution in [0, 0.1) is 0 Å². The van der Waals surface area contributed by atoms with E-state index in [0.29, 0.717) is 22.3 Å². The van der Waals surface area contributed by atoms with Gasteiger partial charge in [-0.2, -0.15) is 5.10 Å². The number of hydrogen-bond acceptors (Lipinski definition) is 5. The molecule has 0 amide bonds. The summed E-state index contributed by atoms with van der Waals surface area (Å²) in [4.78, 5) is 0. The smallest absolute Gasteiger partial charge is 0.144 e. The van der Waals surface area contributed by atoms with Crippen molar-refractivity contribution in [3.8, 4) is 34.2 Å². The Morgan fingerprint density at radius 2 is 1.70 bits per heavy atom. The molecule has 0 unspecified atom stereocenters. The average Bonchev–Trinajstić information content (AvgIpc) is 3.30. The van der Waals surface area contributed by atoms with E-state index in [1.165, 1.54) is 0 Å². The molecule has 2 heterocycles. The summed E-state index contributed by atoms with van der Waals surface area (Å²) in [7, 11) is 4.93. The number of hydrogen-bond donors (Lipinski definition) is 1. The van der Waals surface area contributed by atoms with Crippen molar-refractivity contribution in [3.05, 3.63) is 47.0 Å². The minimum atomic E-state index is 0.615. The van der Waals surface area contributed by atoms with Crippen LogP contribution in [0.2, 0.25) is 5.02 Å². The number of halogens is 1. The first kappa shape index (κ1) is 17.5. The van der Waals surface area contributed by atoms with Gasteiger partial charge in [-0.3, -0.25) is 0 Å². The lowest BCUT2D eigenvalue weighted by atomic mass is 10.0. The maximum absolute atomic E-state index is 6.24. The van der Waals surface area contributed by atoms with Gasteiger partial charge >= 0.3 is 0 Å². The summed E-state index contributed by atoms with van der Waals surface area (Å²) in [5.74, 6) is 3.05. The van der Waals surface area contributed by atoms with Gasteiger partial charge in [-0.1, -0.05) is 17.7 Å². The predicted octanol–water partition coefficient (Wildman–Crippen LogP) is 4.19. The van der Waals surface area contributed by atoms with Crippen LogP contribution < -0.4 is 19.5 Å². The van der Waals surface area contributed by atoms with E-state index in [1.54, 1.807) is 27.4 Å². The summed E-state index contributed by atoms with van der Waals surface area (Å²) in [5, 5.41) is 8.93. The third kappa shape index (κ3) is 2.86. The van der Waals surface area contributed by atoms with Gasteiger partial charge in [0.1, 0.15) is 34.4 Å². The van der Waals surface area contributed by atoms with Crippen LogP contribution in [0.4, 0.5) is 5.82 Å². The van der Waals surface area contributed by atoms with Gasteiger partial charge in [0.15, 0.2) is 0 Å². The van der Waals surface area contributed by atoms with Gasteiger partial charge in [0.05, 0.1) is 26.9 Å². The molecule has 0 aliphatic carbocycles. The topological polar surface area (TPSA) is 57.5 Å². The highest BCUT2D eigenvalue weighted by molar-refractivity contribution is 6.30. The first-order valence-corrected chi connectivity index (χ1v) is 8.96. The molecule has 0 bridgehead atoms. The zero-order chi connectivity index (χ0) is 19.0. The van der Waals surface area contributed by atoms with E-state index in [2.05, 4.69) is 5.32 Å². The summed E-state index contributed by atoms with van der Waals surface area (Å²) < 4.78 is 18.5. The van der Waals surface area contributed by atoms with Crippen LogP contribution in [0.5, 0.6) is 17.2 Å². The van der Waals surface area contributed by atoms with Crippen LogP contribution in [0.25, 0.3) is 16.9 Å². The van der Waals surface area contributed by atoms with Gasteiger partial charge in [0.25, 0.3) is 0 Å². The van der Waals surface area contributed by atoms with Crippen molar-refractivity contribution >= 4 is 17.4 Å². The highest BCUT2D eigenvalue weighted by Crippen LogP contribution is 2.44. The van der Waals surface area contributed by atoms with E-state index in [-0.39, 0.29) is 0 Å². The standard InChI is InChI=1S/C20H20ClN3O3/c1-25-15-8-7-12(21)11-14(15)24-20-13(9-10-22-20)19(23-24)18-16(26-2)5-4-6-17(18)27-3/h4-8,11,22H,9-10H2,1-3H3. The Balaban J connectivity index is 1.98. The second kappa shape index (κ2) is 7.04. The monoisotopic (exact) mass is 385 g/mol. The van der Waals surface area contributed by atoms with Crippen LogP contribution in [0.3, 0.4) is 0 Å². The molecule has 140 valence electrons. The van der Waals surface area contributed by atoms with Crippen LogP contribution in [-0.2, 0) is 6.42 Å². The number of methoxy groups -OCH3 is 3. The lowest BCUT2D eigenvalue weighted by molar-refractivity contribution is 0.397. The van der Waals surface area contributed by atoms with Crippen LogP contribution >= 0.6 is 11.6 Å². The molecule has 1 N–H and O–H groups in total. The predicted molar refractivity (Wildman–Crippen MR) is 106 cm³/mol. The third-order valence-corrected chi connectivity index (χ3v) is 4.92. The molecule has 1 aliphatic rings. The highest BCUT2D eigenvalue weighted by atomic mass is 35.5. The molecular formula is C20H20ClN3O3. The molecule has 0 atom stereocenters. The molecule has 3 aromatic rings. The van der Waals surface area contributed by atoms with Crippen molar-refractivity contribution in [3.63, 3.8) is 0 Å². The summed E-state index contributed by atoms with van der Waals surface area (Å²) >= 11 is 6.24. The molecule has 27 heavy (non-hydrogen) atoms. The molecule has 0 radical (unpaired) electrons. The highest BCUT2D eigenvalue weighted by Gasteiger charge is 2.28. The number of fused-ring (bicyclic) bond motifs is 1. The Labute approximate surface area is 162 Å². The van der Waals surface area contributed by atoms with E-state index in [0.717, 1.165) is 41.3 Å². The van der Waals surface area contributed by atoms with E-state index in [1.807, 2.05) is 35.0 Å². The molecule has 1 aromatic heterocycles. The lowest BCUT2D eigenvalue weighted by Crippen LogP contribution is -2.06. The molecule has 0 saturated carbocycles. The Kier molecular flexibility index (Phi) is 4.58. The fourth-order valence-corrected chi connectivity index (χ4v) is 3.63. The first-order chi connectivity index (χ1) is 13.2. The number of nitrogens with zero attached hydrogens (tertiary/aromatic N) is 2. The molecule has 2 aromatic carbocycles. The Morgan fingerprint density at radius 1 is 1.00 bits per heavy atom. The number of anilines is 1. The zero-order valence-electron chi connectivity index (χ0n) is 15.4. The number of benzene rings is 2. The summed E-state index contributed by atoms with van der Waals surface area (Å²) in [6.07, 6.45) is 0.856. The maximum atomic E-state index is 6.24. The van der Waals surface area contributed by atoms with Gasteiger partial charge in [0.2, 0.25) is 0 Å². The SMILES string of the molecule is COc1ccc(Cl)cc1-n1nc(-c2c(OC)cccc2OC)c2c1NCC2. The molecule has 0 spiro atoms. The molecule has 6 nitrogen and oxygen atoms in total. The quantitative estimate of drug-likeness (QED) is 0.713. The zero-order valence-corrected chi connectivity index (χ0v) is 16.1. The molecule has 4 rings (SSSR count). The largest absolute Gasteiger partial charge is 0.496 e. The fourth-order valence-electron chi connectivity index (χ4n) is 3.46. The minimum absolute atomic E-state index is 0.615. The maximum Gasteiger partial charge on any atom is 0.144 e. The van der Waals surface area contributed by atoms with Gasteiger partial charge in [0, 0.05) is 17.1 Å². The Morgan fingerprint density at radius 3 is 2.37 bits per heavy atom. The molecule has 7 heteroatoms. The summed E-state index contributed by atoms with van der Waals surface area (Å²) in [5.41, 5.74) is 3.55. The van der Waals surface area contributed by atoms with E-state index >= 15 is 0 Å². The first-order valence-electron chi connectivity index (χ1n) is 8.59. The van der Waals surface area contributed by atoms with E-state index in [4.69, 9.17) is 30.9 Å². The van der Waals surface area contributed by atoms with E-state index < -0.39 is 0 Å². The second-order valence-corrected chi connectivity index (χ2v) is 6.55. The van der Waals surface area contributed by atoms with Crippen molar-refractivity contribution in [2.75, 3.05) is 33.2 Å². The van der Waals surface area contributed by atoms with Gasteiger partial charge in [-0.15, -0.1) is 0 Å². The van der Waals surface area contributed by atoms with Crippen molar-refractivity contribution in [2.24, 2.45) is 0 Å². The molecule has 1 aliphatic heterocycles. The van der Waals surface area contributed by atoms with Crippen molar-refractivity contribution in [2.45, 2.75) is 6.42 Å². The van der Waals surface area contributed by atoms with Crippen LogP contribution in [-0.4, -0.2) is 37.7 Å². The number of ether oxygens (including phenoxy) is 3. The Bertz CT molecular complexity index is 978. The second-order valence-electron chi connectivity index (χ2n) is 6.12. The number of aromatic nitrogens is 2. The van der Waals surface area contributed by atoms with Gasteiger partial charge in [-0.25, -0.2) is 4.68 Å². The van der Waals surface area contributed by atoms with Crippen molar-refractivity contribution < 1.29 is 14.2 Å². The normalized spacial score (nSPS) is 12.4. The lowest BCUT2D eigenvalue weighted by Gasteiger charge is -2.13. The van der Waals surface area contributed by atoms with Crippen LogP contribution in [0.15, 0.2) is 36.4 Å². The third-order valence-electron chi connectivity index (χ3n) is 4.68. The van der Waals surface area contributed by atoms with Crippen molar-refractivity contribution in [1.29, 1.82) is 0 Å². The number of rotatable bonds is 5. The molecular weight excluding hydrogens is 366 g/mol. The Hall–Kier alpha value is -2.86. The average molecular weight is 386 g/mol. The summed E-state index contributed by atoms with van der Waals surface area (Å²) in [6.45, 7) is 0.834. The molecule has 0 fully saturated rings. The van der Waals surface area contributed by atoms with Gasteiger partial charge in [-0.05, 0) is 36.8 Å². The van der Waals surface area contributed by atoms with Crippen LogP contribution in [0.1, 0.15) is 5.56 Å². The number of nitrogens with one attached hydrogen (secondary N) is 1. The fraction of sp³-hybridized carbons (Fsp3) is 0.250. The molecule has 0 saturated heterocycles.